The minimum absolute atomic E-state index is 0.157. The molecule has 0 radical (unpaired) electrons. The lowest BCUT2D eigenvalue weighted by atomic mass is 9.86. The lowest BCUT2D eigenvalue weighted by molar-refractivity contribution is -0.135. The van der Waals surface area contributed by atoms with E-state index in [1.807, 2.05) is 23.1 Å². The molecule has 0 spiro atoms. The number of nitrogens with two attached hydrogens (primary N) is 1. The highest BCUT2D eigenvalue weighted by atomic mass is 16.7. The van der Waals surface area contributed by atoms with Crippen LogP contribution < -0.4 is 15.2 Å². The second kappa shape index (κ2) is 7.21. The molecule has 5 nitrogen and oxygen atoms in total. The van der Waals surface area contributed by atoms with E-state index < -0.39 is 0 Å². The van der Waals surface area contributed by atoms with Crippen LogP contribution in [-0.2, 0) is 11.3 Å². The highest BCUT2D eigenvalue weighted by molar-refractivity contribution is 5.76. The van der Waals surface area contributed by atoms with Crippen molar-refractivity contribution < 1.29 is 14.3 Å². The smallest absolute Gasteiger partial charge is 0.231 e. The number of nitrogens with zero attached hydrogens (tertiary/aromatic N) is 1. The summed E-state index contributed by atoms with van der Waals surface area (Å²) in [6.45, 7) is 3.59. The Bertz CT molecular complexity index is 553. The van der Waals surface area contributed by atoms with Crippen molar-refractivity contribution in [3.63, 3.8) is 0 Å². The van der Waals surface area contributed by atoms with Crippen molar-refractivity contribution in [3.05, 3.63) is 23.8 Å². The van der Waals surface area contributed by atoms with Gasteiger partial charge in [-0.2, -0.15) is 0 Å². The van der Waals surface area contributed by atoms with Crippen molar-refractivity contribution in [3.8, 4) is 11.5 Å². The lowest BCUT2D eigenvalue weighted by Crippen LogP contribution is -2.42. The van der Waals surface area contributed by atoms with Crippen LogP contribution in [0, 0.1) is 5.92 Å². The van der Waals surface area contributed by atoms with Gasteiger partial charge in [-0.05, 0) is 49.3 Å². The van der Waals surface area contributed by atoms with Crippen molar-refractivity contribution in [1.29, 1.82) is 0 Å². The van der Waals surface area contributed by atoms with Gasteiger partial charge in [-0.15, -0.1) is 0 Å². The summed E-state index contributed by atoms with van der Waals surface area (Å²) in [5.74, 6) is 2.47. The van der Waals surface area contributed by atoms with Crippen LogP contribution in [0.25, 0.3) is 0 Å². The van der Waals surface area contributed by atoms with Gasteiger partial charge in [-0.3, -0.25) is 4.79 Å². The number of rotatable bonds is 5. The van der Waals surface area contributed by atoms with E-state index >= 15 is 0 Å². The molecule has 1 aliphatic carbocycles. The number of carbonyl (C=O) groups excluding carboxylic acids is 1. The van der Waals surface area contributed by atoms with Gasteiger partial charge in [0.15, 0.2) is 11.5 Å². The molecule has 0 aromatic heterocycles. The Morgan fingerprint density at radius 2 is 1.96 bits per heavy atom. The highest BCUT2D eigenvalue weighted by Crippen LogP contribution is 2.34. The van der Waals surface area contributed by atoms with E-state index in [2.05, 4.69) is 6.92 Å². The molecular formula is C18H26N2O3. The van der Waals surface area contributed by atoms with Gasteiger partial charge < -0.3 is 20.1 Å². The number of ether oxygens (including phenoxy) is 2. The van der Waals surface area contributed by atoms with Crippen LogP contribution >= 0.6 is 0 Å². The van der Waals surface area contributed by atoms with Crippen LogP contribution in [0.1, 0.15) is 44.6 Å². The fourth-order valence-corrected chi connectivity index (χ4v) is 3.48. The molecule has 1 heterocycles. The predicted octanol–water partition coefficient (Wildman–Crippen LogP) is 2.67. The SMILES string of the molecule is CC1CCC(N(Cc2ccc3c(c2)OCO3)C(=O)CCN)CC1. The van der Waals surface area contributed by atoms with Gasteiger partial charge in [-0.25, -0.2) is 0 Å². The summed E-state index contributed by atoms with van der Waals surface area (Å²) in [6, 6.07) is 6.25. The third-order valence-electron chi connectivity index (χ3n) is 4.89. The Balaban J connectivity index is 1.74. The molecule has 1 fully saturated rings. The van der Waals surface area contributed by atoms with Gasteiger partial charge in [0.25, 0.3) is 0 Å². The third kappa shape index (κ3) is 3.78. The van der Waals surface area contributed by atoms with Crippen molar-refractivity contribution >= 4 is 5.91 Å². The zero-order chi connectivity index (χ0) is 16.2. The van der Waals surface area contributed by atoms with Gasteiger partial charge in [0.2, 0.25) is 12.7 Å². The van der Waals surface area contributed by atoms with E-state index in [1.54, 1.807) is 0 Å². The summed E-state index contributed by atoms with van der Waals surface area (Å²) in [4.78, 5) is 14.6. The van der Waals surface area contributed by atoms with Crippen molar-refractivity contribution in [2.24, 2.45) is 11.7 Å². The van der Waals surface area contributed by atoms with Gasteiger partial charge >= 0.3 is 0 Å². The minimum atomic E-state index is 0.157. The highest BCUT2D eigenvalue weighted by Gasteiger charge is 2.27. The molecule has 2 N–H and O–H groups in total. The van der Waals surface area contributed by atoms with Crippen molar-refractivity contribution in [2.45, 2.75) is 51.6 Å². The standard InChI is InChI=1S/C18H26N2O3/c1-13-2-5-15(6-3-13)20(18(21)8-9-19)11-14-4-7-16-17(10-14)23-12-22-16/h4,7,10,13,15H,2-3,5-6,8-9,11-12,19H2,1H3. The Hall–Kier alpha value is -1.75. The van der Waals surface area contributed by atoms with E-state index in [1.165, 1.54) is 12.8 Å². The molecule has 1 aliphatic heterocycles. The van der Waals surface area contributed by atoms with E-state index in [0.717, 1.165) is 35.8 Å². The molecule has 2 aliphatic rings. The van der Waals surface area contributed by atoms with Gasteiger partial charge in [0.1, 0.15) is 0 Å². The van der Waals surface area contributed by atoms with Gasteiger partial charge in [0.05, 0.1) is 0 Å². The summed E-state index contributed by atoms with van der Waals surface area (Å²) >= 11 is 0. The minimum Gasteiger partial charge on any atom is -0.454 e. The largest absolute Gasteiger partial charge is 0.454 e. The average Bonchev–Trinajstić information content (AvgIpc) is 3.01. The first-order valence-corrected chi connectivity index (χ1v) is 8.55. The number of benzene rings is 1. The number of amides is 1. The fraction of sp³-hybridized carbons (Fsp3) is 0.611. The molecule has 0 saturated heterocycles. The molecule has 0 unspecified atom stereocenters. The van der Waals surface area contributed by atoms with E-state index in [0.29, 0.717) is 25.6 Å². The summed E-state index contributed by atoms with van der Waals surface area (Å²) in [6.07, 6.45) is 4.97. The average molecular weight is 318 g/mol. The normalized spacial score (nSPS) is 22.9. The molecule has 0 atom stereocenters. The zero-order valence-electron chi connectivity index (χ0n) is 13.8. The first kappa shape index (κ1) is 16.1. The molecule has 0 bridgehead atoms. The molecule has 5 heteroatoms. The molecule has 1 aromatic carbocycles. The Kier molecular flexibility index (Phi) is 5.06. The molecule has 1 aromatic rings. The first-order chi connectivity index (χ1) is 11.2. The predicted molar refractivity (Wildman–Crippen MR) is 88.2 cm³/mol. The van der Waals surface area contributed by atoms with Gasteiger partial charge in [0, 0.05) is 25.6 Å². The summed E-state index contributed by atoms with van der Waals surface area (Å²) in [7, 11) is 0. The molecule has 1 saturated carbocycles. The summed E-state index contributed by atoms with van der Waals surface area (Å²) in [5, 5.41) is 0. The number of hydrogen-bond acceptors (Lipinski definition) is 4. The third-order valence-corrected chi connectivity index (χ3v) is 4.89. The van der Waals surface area contributed by atoms with Crippen LogP contribution in [0.5, 0.6) is 11.5 Å². The maximum Gasteiger partial charge on any atom is 0.231 e. The summed E-state index contributed by atoms with van der Waals surface area (Å²) in [5.41, 5.74) is 6.68. The van der Waals surface area contributed by atoms with Crippen LogP contribution in [0.3, 0.4) is 0 Å². The molecule has 23 heavy (non-hydrogen) atoms. The zero-order valence-corrected chi connectivity index (χ0v) is 13.8. The quantitative estimate of drug-likeness (QED) is 0.906. The van der Waals surface area contributed by atoms with E-state index in [4.69, 9.17) is 15.2 Å². The molecule has 3 rings (SSSR count). The van der Waals surface area contributed by atoms with Gasteiger partial charge in [-0.1, -0.05) is 13.0 Å². The number of fused-ring (bicyclic) bond motifs is 1. The number of hydrogen-bond donors (Lipinski definition) is 1. The summed E-state index contributed by atoms with van der Waals surface area (Å²) < 4.78 is 10.8. The van der Waals surface area contributed by atoms with Crippen LogP contribution in [0.2, 0.25) is 0 Å². The lowest BCUT2D eigenvalue weighted by Gasteiger charge is -2.36. The van der Waals surface area contributed by atoms with Crippen molar-refractivity contribution in [2.75, 3.05) is 13.3 Å². The van der Waals surface area contributed by atoms with Crippen LogP contribution in [-0.4, -0.2) is 30.2 Å². The van der Waals surface area contributed by atoms with Crippen LogP contribution in [0.15, 0.2) is 18.2 Å². The topological polar surface area (TPSA) is 64.8 Å². The number of carbonyl (C=O) groups is 1. The Labute approximate surface area is 137 Å². The monoisotopic (exact) mass is 318 g/mol. The molecule has 1 amide bonds. The van der Waals surface area contributed by atoms with E-state index in [-0.39, 0.29) is 12.7 Å². The Morgan fingerprint density at radius 1 is 1.22 bits per heavy atom. The second-order valence-corrected chi connectivity index (χ2v) is 6.66. The van der Waals surface area contributed by atoms with Crippen LogP contribution in [0.4, 0.5) is 0 Å². The maximum absolute atomic E-state index is 12.6. The Morgan fingerprint density at radius 3 is 2.70 bits per heavy atom. The molecular weight excluding hydrogens is 292 g/mol. The van der Waals surface area contributed by atoms with E-state index in [9.17, 15) is 4.79 Å². The maximum atomic E-state index is 12.6. The molecule has 126 valence electrons. The fourth-order valence-electron chi connectivity index (χ4n) is 3.48. The first-order valence-electron chi connectivity index (χ1n) is 8.55. The second-order valence-electron chi connectivity index (χ2n) is 6.66. The van der Waals surface area contributed by atoms with Crippen molar-refractivity contribution in [1.82, 2.24) is 4.90 Å².